The van der Waals surface area contributed by atoms with E-state index in [4.69, 9.17) is 4.74 Å². The molecule has 0 amide bonds. The first kappa shape index (κ1) is 21.9. The number of hydrogen-bond acceptors (Lipinski definition) is 4. The predicted molar refractivity (Wildman–Crippen MR) is 127 cm³/mol. The minimum Gasteiger partial charge on any atom is -0.496 e. The fraction of sp³-hybridized carbons (Fsp3) is 0.519. The van der Waals surface area contributed by atoms with E-state index in [2.05, 4.69) is 47.1 Å². The third-order valence-corrected chi connectivity index (χ3v) is 6.97. The van der Waals surface area contributed by atoms with Crippen LogP contribution < -0.4 is 9.64 Å². The molecule has 166 valence electrons. The fourth-order valence-electron chi connectivity index (χ4n) is 5.12. The van der Waals surface area contributed by atoms with E-state index >= 15 is 0 Å². The molecule has 0 N–H and O–H groups in total. The summed E-state index contributed by atoms with van der Waals surface area (Å²) in [7, 11) is 1.74. The van der Waals surface area contributed by atoms with Crippen LogP contribution in [0.25, 0.3) is 0 Å². The van der Waals surface area contributed by atoms with E-state index in [1.807, 2.05) is 12.1 Å². The van der Waals surface area contributed by atoms with Gasteiger partial charge in [0.15, 0.2) is 5.78 Å². The molecule has 4 nitrogen and oxygen atoms in total. The molecular formula is C27H36N2O2. The number of carbonyl (C=O) groups excluding carboxylic acids is 1. The monoisotopic (exact) mass is 420 g/mol. The van der Waals surface area contributed by atoms with Crippen molar-refractivity contribution in [1.29, 1.82) is 0 Å². The van der Waals surface area contributed by atoms with Gasteiger partial charge in [-0.25, -0.2) is 0 Å². The van der Waals surface area contributed by atoms with Crippen molar-refractivity contribution in [2.24, 2.45) is 5.92 Å². The van der Waals surface area contributed by atoms with E-state index in [-0.39, 0.29) is 5.92 Å². The van der Waals surface area contributed by atoms with Gasteiger partial charge in [0.25, 0.3) is 0 Å². The lowest BCUT2D eigenvalue weighted by Gasteiger charge is -2.22. The Hall–Kier alpha value is -2.33. The highest BCUT2D eigenvalue weighted by Crippen LogP contribution is 2.33. The van der Waals surface area contributed by atoms with E-state index in [0.29, 0.717) is 5.78 Å². The number of unbranched alkanes of at least 4 members (excludes halogenated alkanes) is 1. The van der Waals surface area contributed by atoms with Gasteiger partial charge in [-0.05, 0) is 75.0 Å². The van der Waals surface area contributed by atoms with Gasteiger partial charge in [0.2, 0.25) is 0 Å². The highest BCUT2D eigenvalue weighted by Gasteiger charge is 2.30. The van der Waals surface area contributed by atoms with Crippen LogP contribution in [0.1, 0.15) is 60.5 Å². The Labute approximate surface area is 187 Å². The number of Topliss-reactive ketones (excluding diaryl/α,β-unsaturated/α-hetero) is 1. The average molecular weight is 421 g/mol. The molecule has 1 unspecified atom stereocenters. The normalized spacial score (nSPS) is 18.1. The maximum absolute atomic E-state index is 12.9. The molecule has 0 radical (unpaired) electrons. The van der Waals surface area contributed by atoms with Crippen molar-refractivity contribution in [2.45, 2.75) is 52.0 Å². The first-order valence-corrected chi connectivity index (χ1v) is 12.0. The number of benzene rings is 2. The van der Waals surface area contributed by atoms with E-state index in [9.17, 15) is 4.79 Å². The van der Waals surface area contributed by atoms with Gasteiger partial charge in [-0.2, -0.15) is 0 Å². The average Bonchev–Trinajstić information content (AvgIpc) is 3.44. The maximum atomic E-state index is 12.9. The van der Waals surface area contributed by atoms with Crippen LogP contribution in [-0.4, -0.2) is 44.0 Å². The van der Waals surface area contributed by atoms with Gasteiger partial charge in [0.1, 0.15) is 5.75 Å². The lowest BCUT2D eigenvalue weighted by atomic mass is 9.98. The standard InChI is InChI=1S/C27H36N2O2/c1-3-28(20-22-11-4-5-12-26(22)31-2)15-7-6-10-21-18-23-19-24(29-16-8-9-17-29)13-14-25(23)27(21)30/h4-5,11-14,19,21H,3,6-10,15-18,20H2,1-2H3. The molecule has 31 heavy (non-hydrogen) atoms. The Balaban J connectivity index is 1.26. The number of methoxy groups -OCH3 is 1. The third kappa shape index (κ3) is 5.12. The second-order valence-corrected chi connectivity index (χ2v) is 8.98. The predicted octanol–water partition coefficient (Wildman–Crippen LogP) is 5.34. The summed E-state index contributed by atoms with van der Waals surface area (Å²) < 4.78 is 5.50. The minimum absolute atomic E-state index is 0.174. The highest BCUT2D eigenvalue weighted by atomic mass is 16.5. The van der Waals surface area contributed by atoms with Crippen molar-refractivity contribution in [3.8, 4) is 5.75 Å². The van der Waals surface area contributed by atoms with Gasteiger partial charge >= 0.3 is 0 Å². The smallest absolute Gasteiger partial charge is 0.166 e. The summed E-state index contributed by atoms with van der Waals surface area (Å²) in [5.41, 5.74) is 4.78. The summed E-state index contributed by atoms with van der Waals surface area (Å²) in [5, 5.41) is 0. The summed E-state index contributed by atoms with van der Waals surface area (Å²) >= 11 is 0. The van der Waals surface area contributed by atoms with Gasteiger partial charge in [0, 0.05) is 42.4 Å². The minimum atomic E-state index is 0.174. The molecule has 4 heteroatoms. The van der Waals surface area contributed by atoms with Crippen molar-refractivity contribution in [1.82, 2.24) is 4.90 Å². The van der Waals surface area contributed by atoms with Crippen molar-refractivity contribution in [3.63, 3.8) is 0 Å². The molecule has 2 aromatic carbocycles. The first-order chi connectivity index (χ1) is 15.2. The van der Waals surface area contributed by atoms with E-state index in [1.165, 1.54) is 29.7 Å². The molecule has 2 aromatic rings. The molecular weight excluding hydrogens is 384 g/mol. The van der Waals surface area contributed by atoms with Gasteiger partial charge in [-0.1, -0.05) is 31.5 Å². The molecule has 1 aliphatic carbocycles. The summed E-state index contributed by atoms with van der Waals surface area (Å²) in [6, 6.07) is 14.8. The van der Waals surface area contributed by atoms with E-state index in [1.54, 1.807) is 7.11 Å². The van der Waals surface area contributed by atoms with Crippen LogP contribution in [0, 0.1) is 5.92 Å². The van der Waals surface area contributed by atoms with E-state index in [0.717, 1.165) is 69.7 Å². The Bertz CT molecular complexity index is 889. The molecule has 1 aliphatic heterocycles. The maximum Gasteiger partial charge on any atom is 0.166 e. The Morgan fingerprint density at radius 2 is 1.90 bits per heavy atom. The molecule has 4 rings (SSSR count). The molecule has 1 saturated heterocycles. The summed E-state index contributed by atoms with van der Waals surface area (Å²) in [5.74, 6) is 1.50. The van der Waals surface area contributed by atoms with Crippen LogP contribution in [0.3, 0.4) is 0 Å². The number of rotatable bonds is 10. The summed E-state index contributed by atoms with van der Waals surface area (Å²) in [6.45, 7) is 7.50. The number of ether oxygens (including phenoxy) is 1. The van der Waals surface area contributed by atoms with Crippen molar-refractivity contribution < 1.29 is 9.53 Å². The zero-order chi connectivity index (χ0) is 21.6. The molecule has 1 atom stereocenters. The number of carbonyl (C=O) groups is 1. The van der Waals surface area contributed by atoms with Crippen LogP contribution in [-0.2, 0) is 13.0 Å². The largest absolute Gasteiger partial charge is 0.496 e. The van der Waals surface area contributed by atoms with E-state index < -0.39 is 0 Å². The molecule has 1 heterocycles. The zero-order valence-corrected chi connectivity index (χ0v) is 19.1. The molecule has 0 saturated carbocycles. The van der Waals surface area contributed by atoms with Crippen molar-refractivity contribution in [3.05, 3.63) is 59.2 Å². The fourth-order valence-corrected chi connectivity index (χ4v) is 5.12. The second kappa shape index (κ2) is 10.3. The van der Waals surface area contributed by atoms with Crippen LogP contribution in [0.15, 0.2) is 42.5 Å². The molecule has 2 aliphatic rings. The molecule has 1 fully saturated rings. The van der Waals surface area contributed by atoms with Gasteiger partial charge in [0.05, 0.1) is 7.11 Å². The SMILES string of the molecule is CCN(CCCCC1Cc2cc(N3CCCC3)ccc2C1=O)Cc1ccccc1OC. The van der Waals surface area contributed by atoms with Gasteiger partial charge in [-0.15, -0.1) is 0 Å². The van der Waals surface area contributed by atoms with Crippen molar-refractivity contribution in [2.75, 3.05) is 38.2 Å². The number of fused-ring (bicyclic) bond motifs is 1. The summed E-state index contributed by atoms with van der Waals surface area (Å²) in [4.78, 5) is 17.8. The zero-order valence-electron chi connectivity index (χ0n) is 19.1. The number of hydrogen-bond donors (Lipinski definition) is 0. The Kier molecular flexibility index (Phi) is 7.29. The Morgan fingerprint density at radius 3 is 2.68 bits per heavy atom. The number of para-hydroxylation sites is 1. The summed E-state index contributed by atoms with van der Waals surface area (Å²) in [6.07, 6.45) is 6.72. The Morgan fingerprint density at radius 1 is 1.10 bits per heavy atom. The lowest BCUT2D eigenvalue weighted by Crippen LogP contribution is -2.24. The number of ketones is 1. The lowest BCUT2D eigenvalue weighted by molar-refractivity contribution is 0.0928. The molecule has 0 bridgehead atoms. The second-order valence-electron chi connectivity index (χ2n) is 8.98. The third-order valence-electron chi connectivity index (χ3n) is 6.97. The van der Waals surface area contributed by atoms with Crippen LogP contribution in [0.2, 0.25) is 0 Å². The topological polar surface area (TPSA) is 32.8 Å². The van der Waals surface area contributed by atoms with Gasteiger partial charge < -0.3 is 9.64 Å². The number of nitrogens with zero attached hydrogens (tertiary/aromatic N) is 2. The first-order valence-electron chi connectivity index (χ1n) is 12.0. The van der Waals surface area contributed by atoms with Crippen LogP contribution in [0.4, 0.5) is 5.69 Å². The van der Waals surface area contributed by atoms with Crippen LogP contribution in [0.5, 0.6) is 5.75 Å². The molecule has 0 aromatic heterocycles. The number of anilines is 1. The highest BCUT2D eigenvalue weighted by molar-refractivity contribution is 6.02. The van der Waals surface area contributed by atoms with Gasteiger partial charge in [-0.3, -0.25) is 9.69 Å². The van der Waals surface area contributed by atoms with Crippen LogP contribution >= 0.6 is 0 Å². The quantitative estimate of drug-likeness (QED) is 0.486. The van der Waals surface area contributed by atoms with Crippen molar-refractivity contribution >= 4 is 11.5 Å². The molecule has 0 spiro atoms.